The largest absolute Gasteiger partial charge is 0.508 e. The maximum absolute atomic E-state index is 11.9. The van der Waals surface area contributed by atoms with Gasteiger partial charge in [-0.2, -0.15) is 0 Å². The first-order valence-corrected chi connectivity index (χ1v) is 12.6. The fourth-order valence-electron chi connectivity index (χ4n) is 3.42. The van der Waals surface area contributed by atoms with Gasteiger partial charge < -0.3 is 14.3 Å². The van der Waals surface area contributed by atoms with Crippen LogP contribution in [0.3, 0.4) is 0 Å². The van der Waals surface area contributed by atoms with Crippen LogP contribution in [0.25, 0.3) is 32.5 Å². The Hall–Kier alpha value is -3.69. The molecule has 33 heavy (non-hydrogen) atoms. The third-order valence-corrected chi connectivity index (χ3v) is 7.12. The molecule has 1 N–H and O–H groups in total. The van der Waals surface area contributed by atoms with Crippen LogP contribution in [0.15, 0.2) is 81.0 Å². The Balaban J connectivity index is 1.71. The van der Waals surface area contributed by atoms with Gasteiger partial charge in [-0.05, 0) is 60.7 Å². The van der Waals surface area contributed by atoms with Crippen molar-refractivity contribution in [1.82, 2.24) is 4.98 Å². The number of nitrogens with zero attached hydrogens (tertiary/aromatic N) is 2. The molecule has 0 amide bonds. The molecule has 9 heteroatoms. The summed E-state index contributed by atoms with van der Waals surface area (Å²) in [6, 6.07) is 18.9. The summed E-state index contributed by atoms with van der Waals surface area (Å²) in [5.74, 6) is 1.42. The Morgan fingerprint density at radius 2 is 1.82 bits per heavy atom. The van der Waals surface area contributed by atoms with Crippen LogP contribution in [0, 0.1) is 0 Å². The highest BCUT2D eigenvalue weighted by Crippen LogP contribution is 2.31. The summed E-state index contributed by atoms with van der Waals surface area (Å²) in [4.78, 5) is 9.49. The van der Waals surface area contributed by atoms with Crippen molar-refractivity contribution >= 4 is 47.5 Å². The molecule has 0 aliphatic rings. The van der Waals surface area contributed by atoms with Crippen molar-refractivity contribution < 1.29 is 22.7 Å². The first-order chi connectivity index (χ1) is 15.8. The monoisotopic (exact) mass is 478 g/mol. The van der Waals surface area contributed by atoms with Crippen molar-refractivity contribution in [3.05, 3.63) is 72.1 Å². The zero-order valence-corrected chi connectivity index (χ0v) is 19.3. The molecule has 0 spiro atoms. The molecule has 0 atom stereocenters. The number of rotatable bonds is 4. The van der Waals surface area contributed by atoms with Gasteiger partial charge in [0, 0.05) is 23.3 Å². The molecule has 0 fully saturated rings. The molecule has 0 unspecified atom stereocenters. The van der Waals surface area contributed by atoms with E-state index in [-0.39, 0.29) is 10.6 Å². The molecule has 5 rings (SSSR count). The summed E-state index contributed by atoms with van der Waals surface area (Å²) < 4.78 is 35.8. The molecule has 2 heterocycles. The van der Waals surface area contributed by atoms with Crippen molar-refractivity contribution in [2.24, 2.45) is 4.99 Å². The maximum Gasteiger partial charge on any atom is 0.210 e. The number of hydrogen-bond acceptors (Lipinski definition) is 8. The number of aromatic nitrogens is 1. The van der Waals surface area contributed by atoms with Crippen molar-refractivity contribution in [2.75, 3.05) is 13.4 Å². The number of ether oxygens (including phenoxy) is 1. The zero-order chi connectivity index (χ0) is 23.2. The van der Waals surface area contributed by atoms with E-state index in [9.17, 15) is 13.5 Å². The van der Waals surface area contributed by atoms with E-state index in [0.29, 0.717) is 32.7 Å². The van der Waals surface area contributed by atoms with Crippen LogP contribution in [-0.2, 0) is 9.84 Å². The second-order valence-electron chi connectivity index (χ2n) is 7.41. The van der Waals surface area contributed by atoms with Crippen LogP contribution in [0.5, 0.6) is 11.5 Å². The highest BCUT2D eigenvalue weighted by Gasteiger charge is 2.12. The smallest absolute Gasteiger partial charge is 0.210 e. The lowest BCUT2D eigenvalue weighted by Crippen LogP contribution is -2.03. The number of hydrogen-bond donors (Lipinski definition) is 1. The number of aromatic hydroxyl groups is 1. The number of sulfone groups is 1. The van der Waals surface area contributed by atoms with Crippen LogP contribution in [0.2, 0.25) is 0 Å². The van der Waals surface area contributed by atoms with Gasteiger partial charge in [-0.25, -0.2) is 18.4 Å². The average molecular weight is 479 g/mol. The SMILES string of the molecule is COc1ccc(-c2c/c(=N\c3nc4ccc(S(C)(=O)=O)cc4s3)c3cc(O)ccc3o2)cc1. The topological polar surface area (TPSA) is 102 Å². The minimum Gasteiger partial charge on any atom is -0.508 e. The van der Waals surface area contributed by atoms with E-state index in [2.05, 4.69) is 4.98 Å². The Morgan fingerprint density at radius 3 is 2.55 bits per heavy atom. The van der Waals surface area contributed by atoms with Gasteiger partial charge in [0.1, 0.15) is 22.8 Å². The summed E-state index contributed by atoms with van der Waals surface area (Å²) in [5.41, 5.74) is 2.05. The van der Waals surface area contributed by atoms with Gasteiger partial charge in [-0.3, -0.25) is 0 Å². The molecular weight excluding hydrogens is 460 g/mol. The highest BCUT2D eigenvalue weighted by molar-refractivity contribution is 7.90. The van der Waals surface area contributed by atoms with E-state index in [1.807, 2.05) is 24.3 Å². The first kappa shape index (κ1) is 21.2. The number of phenolic OH excluding ortho intramolecular Hbond substituents is 1. The predicted octanol–water partition coefficient (Wildman–Crippen LogP) is 5.06. The van der Waals surface area contributed by atoms with Crippen LogP contribution < -0.4 is 10.1 Å². The lowest BCUT2D eigenvalue weighted by Gasteiger charge is -2.06. The van der Waals surface area contributed by atoms with Gasteiger partial charge in [-0.1, -0.05) is 11.3 Å². The minimum absolute atomic E-state index is 0.0911. The molecule has 0 saturated heterocycles. The highest BCUT2D eigenvalue weighted by atomic mass is 32.2. The third-order valence-electron chi connectivity index (χ3n) is 5.09. The number of methoxy groups -OCH3 is 1. The summed E-state index contributed by atoms with van der Waals surface area (Å²) in [6.45, 7) is 0. The minimum atomic E-state index is -3.32. The average Bonchev–Trinajstić information content (AvgIpc) is 3.20. The Labute approximate surface area is 193 Å². The second kappa shape index (κ2) is 8.02. The van der Waals surface area contributed by atoms with E-state index in [1.54, 1.807) is 43.5 Å². The fourth-order valence-corrected chi connectivity index (χ4v) is 5.03. The first-order valence-electron chi connectivity index (χ1n) is 9.87. The molecule has 0 aliphatic carbocycles. The molecule has 7 nitrogen and oxygen atoms in total. The molecule has 0 saturated carbocycles. The number of benzene rings is 3. The van der Waals surface area contributed by atoms with Gasteiger partial charge in [-0.15, -0.1) is 0 Å². The van der Waals surface area contributed by atoms with E-state index in [0.717, 1.165) is 16.0 Å². The van der Waals surface area contributed by atoms with Crippen LogP contribution in [0.1, 0.15) is 0 Å². The number of thiazole rings is 1. The van der Waals surface area contributed by atoms with Crippen molar-refractivity contribution in [2.45, 2.75) is 4.90 Å². The maximum atomic E-state index is 11.9. The molecule has 0 radical (unpaired) electrons. The van der Waals surface area contributed by atoms with Crippen molar-refractivity contribution in [1.29, 1.82) is 0 Å². The van der Waals surface area contributed by atoms with Crippen LogP contribution in [-0.4, -0.2) is 31.9 Å². The van der Waals surface area contributed by atoms with Crippen molar-refractivity contribution in [3.63, 3.8) is 0 Å². The van der Waals surface area contributed by atoms with Crippen LogP contribution >= 0.6 is 11.3 Å². The molecular formula is C24H18N2O5S2. The predicted molar refractivity (Wildman–Crippen MR) is 128 cm³/mol. The lowest BCUT2D eigenvalue weighted by atomic mass is 10.1. The van der Waals surface area contributed by atoms with Gasteiger partial charge in [0.25, 0.3) is 0 Å². The Kier molecular flexibility index (Phi) is 5.15. The molecule has 5 aromatic rings. The van der Waals surface area contributed by atoms with Gasteiger partial charge >= 0.3 is 0 Å². The van der Waals surface area contributed by atoms with Crippen LogP contribution in [0.4, 0.5) is 5.13 Å². The van der Waals surface area contributed by atoms with E-state index >= 15 is 0 Å². The zero-order valence-electron chi connectivity index (χ0n) is 17.6. The van der Waals surface area contributed by atoms with Crippen molar-refractivity contribution in [3.8, 4) is 22.8 Å². The van der Waals surface area contributed by atoms with Gasteiger partial charge in [0.05, 0.1) is 27.6 Å². The molecule has 2 aromatic heterocycles. The fraction of sp³-hybridized carbons (Fsp3) is 0.0833. The number of fused-ring (bicyclic) bond motifs is 2. The quantitative estimate of drug-likeness (QED) is 0.387. The molecule has 0 bridgehead atoms. The summed E-state index contributed by atoms with van der Waals surface area (Å²) in [5, 5.41) is 11.7. The normalized spacial score (nSPS) is 12.5. The van der Waals surface area contributed by atoms with Gasteiger partial charge in [0.15, 0.2) is 9.84 Å². The number of phenols is 1. The summed E-state index contributed by atoms with van der Waals surface area (Å²) >= 11 is 1.29. The standard InChI is InChI=1S/C24H18N2O5S2/c1-30-16-6-3-14(4-7-16)22-13-20(18-11-15(27)5-10-21(18)31-22)26-24-25-19-9-8-17(33(2,28)29)12-23(19)32-24/h3-13,27H,1-2H3/b26-20+. The Bertz CT molecular complexity index is 1680. The van der Waals surface area contributed by atoms with E-state index < -0.39 is 9.84 Å². The molecule has 0 aliphatic heterocycles. The second-order valence-corrected chi connectivity index (χ2v) is 10.4. The molecule has 166 valence electrons. The molecule has 3 aromatic carbocycles. The Morgan fingerprint density at radius 1 is 1.03 bits per heavy atom. The third kappa shape index (κ3) is 4.20. The lowest BCUT2D eigenvalue weighted by molar-refractivity contribution is 0.415. The summed E-state index contributed by atoms with van der Waals surface area (Å²) in [6.07, 6.45) is 1.17. The van der Waals surface area contributed by atoms with E-state index in [4.69, 9.17) is 14.1 Å². The summed E-state index contributed by atoms with van der Waals surface area (Å²) in [7, 11) is -1.71. The van der Waals surface area contributed by atoms with Gasteiger partial charge in [0.2, 0.25) is 5.13 Å². The van der Waals surface area contributed by atoms with E-state index in [1.165, 1.54) is 23.7 Å².